The highest BCUT2D eigenvalue weighted by Crippen LogP contribution is 2.06. The minimum atomic E-state index is 0.753. The lowest BCUT2D eigenvalue weighted by Gasteiger charge is -1.93. The molecule has 1 aliphatic rings. The Labute approximate surface area is 77.8 Å². The molecule has 0 N–H and O–H groups in total. The second-order valence-corrected chi connectivity index (χ2v) is 2.41. The van der Waals surface area contributed by atoms with Gasteiger partial charge in [0.25, 0.3) is 0 Å². The minimum absolute atomic E-state index is 0.753. The third-order valence-electron chi connectivity index (χ3n) is 1.48. The predicted molar refractivity (Wildman–Crippen MR) is 55.0 cm³/mol. The molecule has 3 nitrogen and oxygen atoms in total. The van der Waals surface area contributed by atoms with Crippen molar-refractivity contribution in [3.05, 3.63) is 36.1 Å². The van der Waals surface area contributed by atoms with Crippen LogP contribution in [0.25, 0.3) is 0 Å². The largest absolute Gasteiger partial charge is 0.399 e. The molecule has 0 amide bonds. The predicted octanol–water partition coefficient (Wildman–Crippen LogP) is 2.09. The Bertz CT molecular complexity index is 309. The van der Waals surface area contributed by atoms with E-state index in [1.165, 1.54) is 7.11 Å². The number of hydrogen-bond acceptors (Lipinski definition) is 3. The zero-order valence-electron chi connectivity index (χ0n) is 7.77. The molecule has 68 valence electrons. The number of aliphatic imine (C=N–C) groups is 1. The fourth-order valence-corrected chi connectivity index (χ4v) is 0.902. The first kappa shape index (κ1) is 9.45. The van der Waals surface area contributed by atoms with E-state index in [9.17, 15) is 0 Å². The SMILES string of the molecule is C/C=C\C=C/C1=CN=CC1=NOC. The molecule has 0 aromatic carbocycles. The number of allylic oxidation sites excluding steroid dienone is 5. The summed E-state index contributed by atoms with van der Waals surface area (Å²) in [6.45, 7) is 1.97. The fraction of sp³-hybridized carbons (Fsp3) is 0.200. The Morgan fingerprint density at radius 2 is 2.31 bits per heavy atom. The summed E-state index contributed by atoms with van der Waals surface area (Å²) in [7, 11) is 1.52. The molecular weight excluding hydrogens is 164 g/mol. The zero-order valence-corrected chi connectivity index (χ0v) is 7.77. The lowest BCUT2D eigenvalue weighted by Crippen LogP contribution is -1.98. The summed E-state index contributed by atoms with van der Waals surface area (Å²) in [6.07, 6.45) is 11.2. The second-order valence-electron chi connectivity index (χ2n) is 2.41. The van der Waals surface area contributed by atoms with Gasteiger partial charge in [0, 0.05) is 11.8 Å². The van der Waals surface area contributed by atoms with Crippen molar-refractivity contribution >= 4 is 11.9 Å². The van der Waals surface area contributed by atoms with Crippen molar-refractivity contribution < 1.29 is 4.84 Å². The van der Waals surface area contributed by atoms with Crippen LogP contribution in [0.4, 0.5) is 0 Å². The van der Waals surface area contributed by atoms with Crippen molar-refractivity contribution in [3.63, 3.8) is 0 Å². The molecule has 3 heteroatoms. The Balaban J connectivity index is 2.67. The van der Waals surface area contributed by atoms with Gasteiger partial charge < -0.3 is 4.84 Å². The average molecular weight is 176 g/mol. The summed E-state index contributed by atoms with van der Waals surface area (Å²) in [5.41, 5.74) is 1.71. The lowest BCUT2D eigenvalue weighted by atomic mass is 10.2. The van der Waals surface area contributed by atoms with Crippen molar-refractivity contribution in [2.24, 2.45) is 10.1 Å². The standard InChI is InChI=1S/C10H12N2O/c1-3-4-5-6-9-7-11-8-10(9)12-13-2/h3-8H,1-2H3/b4-3-,6-5-,12-10?. The van der Waals surface area contributed by atoms with Crippen LogP contribution in [0.15, 0.2) is 46.2 Å². The van der Waals surface area contributed by atoms with E-state index in [1.54, 1.807) is 12.4 Å². The Kier molecular flexibility index (Phi) is 3.70. The van der Waals surface area contributed by atoms with Crippen molar-refractivity contribution in [2.45, 2.75) is 6.92 Å². The molecule has 0 aromatic rings. The van der Waals surface area contributed by atoms with Gasteiger partial charge in [-0.25, -0.2) is 0 Å². The van der Waals surface area contributed by atoms with Gasteiger partial charge in [-0.1, -0.05) is 29.5 Å². The molecule has 0 aliphatic carbocycles. The van der Waals surface area contributed by atoms with Crippen LogP contribution < -0.4 is 0 Å². The smallest absolute Gasteiger partial charge is 0.129 e. The summed E-state index contributed by atoms with van der Waals surface area (Å²) in [5, 5.41) is 3.81. The molecule has 1 heterocycles. The van der Waals surface area contributed by atoms with Crippen LogP contribution >= 0.6 is 0 Å². The molecule has 0 spiro atoms. The summed E-state index contributed by atoms with van der Waals surface area (Å²) in [4.78, 5) is 8.64. The van der Waals surface area contributed by atoms with Crippen LogP contribution in [0.2, 0.25) is 0 Å². The van der Waals surface area contributed by atoms with E-state index in [-0.39, 0.29) is 0 Å². The highest BCUT2D eigenvalue weighted by Gasteiger charge is 2.05. The Morgan fingerprint density at radius 1 is 1.46 bits per heavy atom. The second kappa shape index (κ2) is 5.09. The molecule has 0 unspecified atom stereocenters. The summed E-state index contributed by atoms with van der Waals surface area (Å²) in [5.74, 6) is 0. The zero-order chi connectivity index (χ0) is 9.52. The van der Waals surface area contributed by atoms with Crippen molar-refractivity contribution in [1.82, 2.24) is 0 Å². The van der Waals surface area contributed by atoms with E-state index in [0.717, 1.165) is 11.3 Å². The molecule has 0 radical (unpaired) electrons. The molecule has 1 rings (SSSR count). The van der Waals surface area contributed by atoms with Gasteiger partial charge in [0.05, 0.1) is 6.21 Å². The molecule has 0 fully saturated rings. The van der Waals surface area contributed by atoms with E-state index in [4.69, 9.17) is 0 Å². The van der Waals surface area contributed by atoms with Gasteiger partial charge in [0.15, 0.2) is 0 Å². The van der Waals surface area contributed by atoms with Crippen molar-refractivity contribution in [2.75, 3.05) is 7.11 Å². The number of hydrogen-bond donors (Lipinski definition) is 0. The van der Waals surface area contributed by atoms with Crippen molar-refractivity contribution in [3.8, 4) is 0 Å². The van der Waals surface area contributed by atoms with Gasteiger partial charge >= 0.3 is 0 Å². The van der Waals surface area contributed by atoms with Gasteiger partial charge in [-0.3, -0.25) is 4.99 Å². The van der Waals surface area contributed by atoms with Gasteiger partial charge in [-0.15, -0.1) is 0 Å². The number of rotatable bonds is 3. The molecule has 13 heavy (non-hydrogen) atoms. The number of nitrogens with zero attached hydrogens (tertiary/aromatic N) is 2. The fourth-order valence-electron chi connectivity index (χ4n) is 0.902. The highest BCUT2D eigenvalue weighted by atomic mass is 16.6. The third kappa shape index (κ3) is 2.71. The van der Waals surface area contributed by atoms with E-state index in [0.29, 0.717) is 0 Å². The maximum atomic E-state index is 4.67. The highest BCUT2D eigenvalue weighted by molar-refractivity contribution is 6.40. The third-order valence-corrected chi connectivity index (χ3v) is 1.48. The molecule has 0 saturated carbocycles. The van der Waals surface area contributed by atoms with Crippen molar-refractivity contribution in [1.29, 1.82) is 0 Å². The molecule has 0 bridgehead atoms. The van der Waals surface area contributed by atoms with Crippen LogP contribution in [0.3, 0.4) is 0 Å². The normalized spacial score (nSPS) is 19.2. The Morgan fingerprint density at radius 3 is 3.00 bits per heavy atom. The summed E-state index contributed by atoms with van der Waals surface area (Å²) < 4.78 is 0. The summed E-state index contributed by atoms with van der Waals surface area (Å²) in [6, 6.07) is 0. The van der Waals surface area contributed by atoms with Crippen LogP contribution in [-0.2, 0) is 4.84 Å². The quantitative estimate of drug-likeness (QED) is 0.479. The first-order chi connectivity index (χ1) is 6.38. The van der Waals surface area contributed by atoms with E-state index in [2.05, 4.69) is 15.0 Å². The van der Waals surface area contributed by atoms with Crippen LogP contribution in [0.1, 0.15) is 6.92 Å². The maximum Gasteiger partial charge on any atom is 0.129 e. The molecular formula is C10H12N2O. The maximum absolute atomic E-state index is 4.67. The van der Waals surface area contributed by atoms with Crippen LogP contribution in [0, 0.1) is 0 Å². The van der Waals surface area contributed by atoms with Gasteiger partial charge in [-0.05, 0) is 6.92 Å². The summed E-state index contributed by atoms with van der Waals surface area (Å²) >= 11 is 0. The van der Waals surface area contributed by atoms with Crippen LogP contribution in [-0.4, -0.2) is 19.0 Å². The van der Waals surface area contributed by atoms with Gasteiger partial charge in [-0.2, -0.15) is 0 Å². The van der Waals surface area contributed by atoms with E-state index < -0.39 is 0 Å². The molecule has 0 atom stereocenters. The lowest BCUT2D eigenvalue weighted by molar-refractivity contribution is 0.214. The molecule has 0 aromatic heterocycles. The van der Waals surface area contributed by atoms with Gasteiger partial charge in [0.1, 0.15) is 12.8 Å². The average Bonchev–Trinajstić information content (AvgIpc) is 2.54. The topological polar surface area (TPSA) is 34.0 Å². The minimum Gasteiger partial charge on any atom is -0.399 e. The first-order valence-corrected chi connectivity index (χ1v) is 4.02. The Hall–Kier alpha value is -1.64. The van der Waals surface area contributed by atoms with Crippen LogP contribution in [0.5, 0.6) is 0 Å². The van der Waals surface area contributed by atoms with E-state index >= 15 is 0 Å². The molecule has 0 saturated heterocycles. The monoisotopic (exact) mass is 176 g/mol. The van der Waals surface area contributed by atoms with Gasteiger partial charge in [0.2, 0.25) is 0 Å². The molecule has 1 aliphatic heterocycles. The number of oxime groups is 1. The first-order valence-electron chi connectivity index (χ1n) is 4.02. The van der Waals surface area contributed by atoms with E-state index in [1.807, 2.05) is 31.2 Å².